The Morgan fingerprint density at radius 2 is 1.80 bits per heavy atom. The highest BCUT2D eigenvalue weighted by molar-refractivity contribution is 7.92. The van der Waals surface area contributed by atoms with Gasteiger partial charge in [0.15, 0.2) is 6.29 Å². The normalized spacial score (nSPS) is 19.2. The average molecular weight is 507 g/mol. The Balaban J connectivity index is 1.40. The summed E-state index contributed by atoms with van der Waals surface area (Å²) < 4.78 is 35.6. The second-order valence-electron chi connectivity index (χ2n) is 8.79. The molecule has 0 amide bonds. The van der Waals surface area contributed by atoms with Crippen LogP contribution < -0.4 is 10.0 Å². The summed E-state index contributed by atoms with van der Waals surface area (Å²) in [6.07, 6.45) is 3.93. The zero-order valence-electron chi connectivity index (χ0n) is 20.1. The molecule has 1 saturated carbocycles. The van der Waals surface area contributed by atoms with E-state index in [1.807, 2.05) is 24.3 Å². The number of esters is 1. The number of ether oxygens (including phenoxy) is 2. The van der Waals surface area contributed by atoms with Crippen LogP contribution in [0.5, 0.6) is 5.75 Å². The number of benzene rings is 2. The number of phenols is 1. The number of anilines is 1. The van der Waals surface area contributed by atoms with Crippen molar-refractivity contribution in [1.29, 1.82) is 0 Å². The van der Waals surface area contributed by atoms with Crippen LogP contribution in [0.15, 0.2) is 42.5 Å². The van der Waals surface area contributed by atoms with E-state index in [0.29, 0.717) is 23.7 Å². The van der Waals surface area contributed by atoms with E-state index in [-0.39, 0.29) is 36.6 Å². The molecule has 1 aliphatic rings. The summed E-state index contributed by atoms with van der Waals surface area (Å²) in [5.41, 5.74) is 2.46. The molecule has 10 heteroatoms. The van der Waals surface area contributed by atoms with Crippen LogP contribution in [0.2, 0.25) is 0 Å². The van der Waals surface area contributed by atoms with Crippen molar-refractivity contribution in [2.75, 3.05) is 24.1 Å². The second-order valence-corrected chi connectivity index (χ2v) is 10.5. The van der Waals surface area contributed by atoms with E-state index in [4.69, 9.17) is 9.47 Å². The van der Waals surface area contributed by atoms with Crippen molar-refractivity contribution in [2.24, 2.45) is 0 Å². The summed E-state index contributed by atoms with van der Waals surface area (Å²) in [4.78, 5) is 11.8. The number of sulfonamides is 1. The molecule has 0 radical (unpaired) electrons. The number of phenolic OH excluding ortho intramolecular Hbond substituents is 1. The number of hydrogen-bond acceptors (Lipinski definition) is 8. The molecule has 9 nitrogen and oxygen atoms in total. The molecule has 0 bridgehead atoms. The molecule has 0 aliphatic heterocycles. The maximum Gasteiger partial charge on any atom is 0.338 e. The molecule has 35 heavy (non-hydrogen) atoms. The van der Waals surface area contributed by atoms with Crippen LogP contribution in [0.3, 0.4) is 0 Å². The van der Waals surface area contributed by atoms with Gasteiger partial charge in [-0.3, -0.25) is 4.72 Å². The van der Waals surface area contributed by atoms with Gasteiger partial charge in [-0.1, -0.05) is 18.2 Å². The van der Waals surface area contributed by atoms with E-state index >= 15 is 0 Å². The van der Waals surface area contributed by atoms with Gasteiger partial charge in [0, 0.05) is 12.6 Å². The summed E-state index contributed by atoms with van der Waals surface area (Å²) >= 11 is 0. The molecular formula is C25H34N2O7S. The molecule has 2 aromatic carbocycles. The molecule has 4 N–H and O–H groups in total. The molecule has 1 aliphatic carbocycles. The predicted octanol–water partition coefficient (Wildman–Crippen LogP) is 3.09. The lowest BCUT2D eigenvalue weighted by Crippen LogP contribution is -2.38. The number of hydrogen-bond donors (Lipinski definition) is 4. The molecule has 0 saturated heterocycles. The van der Waals surface area contributed by atoms with Gasteiger partial charge in [0.05, 0.1) is 30.7 Å². The first-order valence-corrected chi connectivity index (χ1v) is 13.6. The van der Waals surface area contributed by atoms with E-state index in [2.05, 4.69) is 10.0 Å². The summed E-state index contributed by atoms with van der Waals surface area (Å²) in [5, 5.41) is 23.4. The number of aliphatic hydroxyl groups is 1. The molecule has 0 spiro atoms. The molecule has 3 rings (SSSR count). The monoisotopic (exact) mass is 506 g/mol. The van der Waals surface area contributed by atoms with E-state index in [1.165, 1.54) is 17.7 Å². The van der Waals surface area contributed by atoms with Gasteiger partial charge >= 0.3 is 5.97 Å². The Morgan fingerprint density at radius 3 is 2.43 bits per heavy atom. The number of aromatic hydroxyl groups is 1. The molecule has 0 heterocycles. The van der Waals surface area contributed by atoms with Crippen molar-refractivity contribution < 1.29 is 32.9 Å². The number of rotatable bonds is 11. The lowest BCUT2D eigenvalue weighted by atomic mass is 9.81. The standard InChI is InChI=1S/C25H34N2O7S/c1-3-33-25(30)20-7-5-18(6-8-20)19-9-11-21(12-10-19)26-15-24(29)34-16-17-4-13-23(28)22(14-17)27-35(2,31)32/h4-8,13-14,19,21,24,26-29H,3,9-12,15-16H2,1-2H3. The third kappa shape index (κ3) is 8.50. The quantitative estimate of drug-likeness (QED) is 0.208. The third-order valence-corrected chi connectivity index (χ3v) is 6.59. The summed E-state index contributed by atoms with van der Waals surface area (Å²) in [6.45, 7) is 2.49. The topological polar surface area (TPSA) is 134 Å². The highest BCUT2D eigenvalue weighted by atomic mass is 32.2. The molecular weight excluding hydrogens is 472 g/mol. The minimum absolute atomic E-state index is 0.0634. The van der Waals surface area contributed by atoms with Gasteiger partial charge in [-0.15, -0.1) is 0 Å². The van der Waals surface area contributed by atoms with E-state index < -0.39 is 16.3 Å². The first kappa shape index (κ1) is 26.9. The molecule has 1 atom stereocenters. The van der Waals surface area contributed by atoms with Crippen molar-refractivity contribution in [1.82, 2.24) is 5.32 Å². The van der Waals surface area contributed by atoms with Crippen LogP contribution in [0.4, 0.5) is 5.69 Å². The third-order valence-electron chi connectivity index (χ3n) is 6.00. The van der Waals surface area contributed by atoms with Gasteiger partial charge in [-0.2, -0.15) is 0 Å². The highest BCUT2D eigenvalue weighted by Crippen LogP contribution is 2.33. The Bertz CT molecular complexity index is 1080. The fourth-order valence-electron chi connectivity index (χ4n) is 4.21. The van der Waals surface area contributed by atoms with Gasteiger partial charge in [-0.25, -0.2) is 13.2 Å². The van der Waals surface area contributed by atoms with Crippen molar-refractivity contribution in [3.05, 3.63) is 59.2 Å². The number of aliphatic hydroxyl groups excluding tert-OH is 1. The Hall–Kier alpha value is -2.66. The summed E-state index contributed by atoms with van der Waals surface area (Å²) in [6, 6.07) is 12.4. The van der Waals surface area contributed by atoms with Crippen LogP contribution in [-0.2, 0) is 26.1 Å². The average Bonchev–Trinajstić information content (AvgIpc) is 2.83. The Morgan fingerprint density at radius 1 is 1.11 bits per heavy atom. The Labute approximate surface area is 206 Å². The fraction of sp³-hybridized carbons (Fsp3) is 0.480. The summed E-state index contributed by atoms with van der Waals surface area (Å²) in [5.74, 6) is -0.0502. The first-order chi connectivity index (χ1) is 16.6. The maximum atomic E-state index is 11.8. The lowest BCUT2D eigenvalue weighted by Gasteiger charge is -2.30. The predicted molar refractivity (Wildman–Crippen MR) is 133 cm³/mol. The molecule has 192 valence electrons. The number of nitrogens with one attached hydrogen (secondary N) is 2. The zero-order chi connectivity index (χ0) is 25.4. The van der Waals surface area contributed by atoms with Crippen molar-refractivity contribution in [3.8, 4) is 5.75 Å². The highest BCUT2D eigenvalue weighted by Gasteiger charge is 2.23. The number of carbonyl (C=O) groups excluding carboxylic acids is 1. The SMILES string of the molecule is CCOC(=O)c1ccc(C2CCC(NCC(O)OCc3ccc(O)c(NS(C)(=O)=O)c3)CC2)cc1. The molecule has 2 aromatic rings. The zero-order valence-corrected chi connectivity index (χ0v) is 20.9. The van der Waals surface area contributed by atoms with Gasteiger partial charge in [0.2, 0.25) is 10.0 Å². The van der Waals surface area contributed by atoms with Gasteiger partial charge in [0.1, 0.15) is 5.75 Å². The maximum absolute atomic E-state index is 11.8. The van der Waals surface area contributed by atoms with Crippen molar-refractivity contribution in [3.63, 3.8) is 0 Å². The van der Waals surface area contributed by atoms with Crippen molar-refractivity contribution in [2.45, 2.75) is 57.5 Å². The molecule has 1 unspecified atom stereocenters. The van der Waals surface area contributed by atoms with Gasteiger partial charge in [0.25, 0.3) is 0 Å². The Kier molecular flexibility index (Phi) is 9.50. The van der Waals surface area contributed by atoms with Crippen LogP contribution in [0.1, 0.15) is 60.0 Å². The van der Waals surface area contributed by atoms with Gasteiger partial charge in [-0.05, 0) is 73.9 Å². The number of carbonyl (C=O) groups is 1. The fourth-order valence-corrected chi connectivity index (χ4v) is 4.77. The molecule has 1 fully saturated rings. The molecule has 0 aromatic heterocycles. The lowest BCUT2D eigenvalue weighted by molar-refractivity contribution is -0.106. The van der Waals surface area contributed by atoms with E-state index in [1.54, 1.807) is 13.0 Å². The van der Waals surface area contributed by atoms with Crippen LogP contribution >= 0.6 is 0 Å². The largest absolute Gasteiger partial charge is 0.506 e. The van der Waals surface area contributed by atoms with E-state index in [9.17, 15) is 23.4 Å². The van der Waals surface area contributed by atoms with Crippen LogP contribution in [0, 0.1) is 0 Å². The second kappa shape index (κ2) is 12.3. The summed E-state index contributed by atoms with van der Waals surface area (Å²) in [7, 11) is -3.53. The minimum atomic E-state index is -3.53. The van der Waals surface area contributed by atoms with Crippen LogP contribution in [-0.4, -0.2) is 56.3 Å². The van der Waals surface area contributed by atoms with Crippen molar-refractivity contribution >= 4 is 21.7 Å². The first-order valence-electron chi connectivity index (χ1n) is 11.7. The van der Waals surface area contributed by atoms with E-state index in [0.717, 1.165) is 31.9 Å². The smallest absolute Gasteiger partial charge is 0.338 e. The van der Waals surface area contributed by atoms with Crippen LogP contribution in [0.25, 0.3) is 0 Å². The minimum Gasteiger partial charge on any atom is -0.506 e. The van der Waals surface area contributed by atoms with Gasteiger partial charge < -0.3 is 25.0 Å².